The lowest BCUT2D eigenvalue weighted by atomic mass is 10.1. The summed E-state index contributed by atoms with van der Waals surface area (Å²) in [6.07, 6.45) is 2.21. The first kappa shape index (κ1) is 21.7. The smallest absolute Gasteiger partial charge is 0.325 e. The molecular formula is C18H24BrNO4S. The van der Waals surface area contributed by atoms with Gasteiger partial charge < -0.3 is 4.74 Å². The minimum Gasteiger partial charge on any atom is -0.468 e. The number of carbonyl (C=O) groups is 3. The summed E-state index contributed by atoms with van der Waals surface area (Å²) in [6, 6.07) is 3.78. The van der Waals surface area contributed by atoms with Crippen molar-refractivity contribution in [3.8, 4) is 0 Å². The van der Waals surface area contributed by atoms with E-state index in [1.54, 1.807) is 0 Å². The Morgan fingerprint density at radius 2 is 1.92 bits per heavy atom. The van der Waals surface area contributed by atoms with E-state index in [1.807, 2.05) is 32.9 Å². The van der Waals surface area contributed by atoms with Crippen molar-refractivity contribution in [2.45, 2.75) is 40.0 Å². The van der Waals surface area contributed by atoms with Crippen LogP contribution in [0, 0.1) is 13.8 Å². The molecule has 0 bridgehead atoms. The summed E-state index contributed by atoms with van der Waals surface area (Å²) in [4.78, 5) is 37.7. The first-order valence-electron chi connectivity index (χ1n) is 8.10. The Balaban J connectivity index is 3.01. The molecule has 0 aromatic heterocycles. The summed E-state index contributed by atoms with van der Waals surface area (Å²) >= 11 is 4.46. The van der Waals surface area contributed by atoms with Gasteiger partial charge in [0.15, 0.2) is 5.12 Å². The number of methoxy groups -OCH3 is 1. The van der Waals surface area contributed by atoms with E-state index in [4.69, 9.17) is 4.74 Å². The number of anilines is 1. The summed E-state index contributed by atoms with van der Waals surface area (Å²) in [7, 11) is 1.29. The highest BCUT2D eigenvalue weighted by Gasteiger charge is 2.24. The molecule has 25 heavy (non-hydrogen) atoms. The van der Waals surface area contributed by atoms with Gasteiger partial charge in [0.1, 0.15) is 6.54 Å². The van der Waals surface area contributed by atoms with Gasteiger partial charge in [-0.25, -0.2) is 0 Å². The molecule has 5 nitrogen and oxygen atoms in total. The number of esters is 1. The topological polar surface area (TPSA) is 63.7 Å². The number of aryl methyl sites for hydroxylation is 1. The molecule has 0 fully saturated rings. The van der Waals surface area contributed by atoms with Gasteiger partial charge in [0.2, 0.25) is 5.91 Å². The van der Waals surface area contributed by atoms with Gasteiger partial charge in [-0.05, 0) is 37.5 Å². The number of unbranched alkanes of at least 4 members (excludes halogenated alkanes) is 1. The van der Waals surface area contributed by atoms with Crippen LogP contribution in [0.3, 0.4) is 0 Å². The van der Waals surface area contributed by atoms with Gasteiger partial charge in [-0.2, -0.15) is 0 Å². The molecule has 0 heterocycles. The van der Waals surface area contributed by atoms with Crippen LogP contribution in [-0.4, -0.2) is 36.4 Å². The Morgan fingerprint density at radius 1 is 1.24 bits per heavy atom. The average Bonchev–Trinajstić information content (AvgIpc) is 2.60. The average molecular weight is 430 g/mol. The largest absolute Gasteiger partial charge is 0.468 e. The highest BCUT2D eigenvalue weighted by molar-refractivity contribution is 9.10. The molecular weight excluding hydrogens is 406 g/mol. The molecule has 7 heteroatoms. The molecule has 0 saturated carbocycles. The van der Waals surface area contributed by atoms with Gasteiger partial charge in [-0.1, -0.05) is 47.1 Å². The van der Waals surface area contributed by atoms with E-state index in [0.29, 0.717) is 12.1 Å². The summed E-state index contributed by atoms with van der Waals surface area (Å²) in [5.74, 6) is -0.788. The van der Waals surface area contributed by atoms with Gasteiger partial charge in [-0.3, -0.25) is 19.3 Å². The highest BCUT2D eigenvalue weighted by Crippen LogP contribution is 2.31. The molecule has 0 saturated heterocycles. The maximum atomic E-state index is 12.7. The Labute approximate surface area is 161 Å². The molecule has 0 atom stereocenters. The molecule has 0 unspecified atom stereocenters. The van der Waals surface area contributed by atoms with Crippen LogP contribution in [0.4, 0.5) is 5.69 Å². The van der Waals surface area contributed by atoms with Crippen molar-refractivity contribution < 1.29 is 19.1 Å². The fraction of sp³-hybridized carbons (Fsp3) is 0.500. The molecule has 138 valence electrons. The summed E-state index contributed by atoms with van der Waals surface area (Å²) < 4.78 is 5.57. The first-order valence-corrected chi connectivity index (χ1v) is 9.88. The predicted octanol–water partition coefficient (Wildman–Crippen LogP) is 4.02. The van der Waals surface area contributed by atoms with Crippen LogP contribution in [0.2, 0.25) is 0 Å². The third-order valence-corrected chi connectivity index (χ3v) is 5.52. The van der Waals surface area contributed by atoms with E-state index in [2.05, 4.69) is 15.9 Å². The van der Waals surface area contributed by atoms with E-state index < -0.39 is 5.97 Å². The second-order valence-electron chi connectivity index (χ2n) is 5.66. The second-order valence-corrected chi connectivity index (χ2v) is 7.55. The third kappa shape index (κ3) is 6.47. The quantitative estimate of drug-likeness (QED) is 0.583. The fourth-order valence-electron chi connectivity index (χ4n) is 2.33. The fourth-order valence-corrected chi connectivity index (χ4v) is 3.37. The number of nitrogens with zero attached hydrogens (tertiary/aromatic N) is 1. The predicted molar refractivity (Wildman–Crippen MR) is 105 cm³/mol. The van der Waals surface area contributed by atoms with Crippen LogP contribution in [0.15, 0.2) is 16.6 Å². The summed E-state index contributed by atoms with van der Waals surface area (Å²) in [5, 5.41) is -0.00379. The van der Waals surface area contributed by atoms with Gasteiger partial charge in [0.05, 0.1) is 18.6 Å². The number of rotatable bonds is 8. The molecule has 0 N–H and O–H groups in total. The highest BCUT2D eigenvalue weighted by atomic mass is 79.9. The minimum atomic E-state index is -0.505. The minimum absolute atomic E-state index is 0.00379. The van der Waals surface area contributed by atoms with E-state index in [1.165, 1.54) is 12.0 Å². The zero-order valence-electron chi connectivity index (χ0n) is 15.1. The maximum Gasteiger partial charge on any atom is 0.325 e. The monoisotopic (exact) mass is 429 g/mol. The molecule has 1 aromatic rings. The van der Waals surface area contributed by atoms with Crippen molar-refractivity contribution in [1.29, 1.82) is 0 Å². The molecule has 0 aliphatic rings. The van der Waals surface area contributed by atoms with Crippen molar-refractivity contribution in [3.05, 3.63) is 27.7 Å². The second kappa shape index (κ2) is 10.6. The number of halogens is 1. The Kier molecular flexibility index (Phi) is 9.21. The van der Waals surface area contributed by atoms with Crippen LogP contribution < -0.4 is 4.90 Å². The summed E-state index contributed by atoms with van der Waals surface area (Å²) in [6.45, 7) is 5.59. The van der Waals surface area contributed by atoms with Gasteiger partial charge in [0.25, 0.3) is 0 Å². The zero-order chi connectivity index (χ0) is 19.0. The number of hydrogen-bond acceptors (Lipinski definition) is 5. The number of amides is 1. The Bertz CT molecular complexity index is 648. The molecule has 1 rings (SSSR count). The number of thioether (sulfide) groups is 1. The lowest BCUT2D eigenvalue weighted by molar-refractivity contribution is -0.139. The van der Waals surface area contributed by atoms with Gasteiger partial charge in [0, 0.05) is 10.9 Å². The Morgan fingerprint density at radius 3 is 2.52 bits per heavy atom. The normalized spacial score (nSPS) is 10.4. The van der Waals surface area contributed by atoms with Crippen LogP contribution in [0.1, 0.15) is 37.3 Å². The van der Waals surface area contributed by atoms with Crippen molar-refractivity contribution in [2.75, 3.05) is 24.3 Å². The molecule has 0 radical (unpaired) electrons. The molecule has 1 aromatic carbocycles. The van der Waals surface area contributed by atoms with Crippen LogP contribution >= 0.6 is 27.7 Å². The zero-order valence-corrected chi connectivity index (χ0v) is 17.5. The SMILES string of the molecule is CCCCC(=O)SCC(=O)N(CC(=O)OC)c1c(C)ccc(Br)c1C. The lowest BCUT2D eigenvalue weighted by Gasteiger charge is -2.25. The number of carbonyl (C=O) groups excluding carboxylic acids is 3. The molecule has 1 amide bonds. The van der Waals surface area contributed by atoms with Crippen molar-refractivity contribution in [1.82, 2.24) is 0 Å². The van der Waals surface area contributed by atoms with E-state index in [0.717, 1.165) is 40.2 Å². The standard InChI is InChI=1S/C18H24BrNO4S/c1-5-6-7-17(23)25-11-15(21)20(10-16(22)24-4)18-12(2)8-9-14(19)13(18)3/h8-9H,5-7,10-11H2,1-4H3. The van der Waals surface area contributed by atoms with E-state index in [-0.39, 0.29) is 23.3 Å². The van der Waals surface area contributed by atoms with Crippen molar-refractivity contribution in [3.63, 3.8) is 0 Å². The van der Waals surface area contributed by atoms with Crippen molar-refractivity contribution >= 4 is 50.4 Å². The number of ether oxygens (including phenoxy) is 1. The van der Waals surface area contributed by atoms with Crippen LogP contribution in [0.25, 0.3) is 0 Å². The lowest BCUT2D eigenvalue weighted by Crippen LogP contribution is -2.38. The first-order chi connectivity index (χ1) is 11.8. The van der Waals surface area contributed by atoms with E-state index >= 15 is 0 Å². The maximum absolute atomic E-state index is 12.7. The molecule has 0 aliphatic carbocycles. The van der Waals surface area contributed by atoms with E-state index in [9.17, 15) is 14.4 Å². The summed E-state index contributed by atoms with van der Waals surface area (Å²) in [5.41, 5.74) is 2.41. The van der Waals surface area contributed by atoms with Crippen molar-refractivity contribution in [2.24, 2.45) is 0 Å². The van der Waals surface area contributed by atoms with Crippen LogP contribution in [0.5, 0.6) is 0 Å². The number of benzene rings is 1. The van der Waals surface area contributed by atoms with Gasteiger partial charge in [-0.15, -0.1) is 0 Å². The third-order valence-electron chi connectivity index (χ3n) is 3.74. The Hall–Kier alpha value is -1.34. The van der Waals surface area contributed by atoms with Crippen LogP contribution in [-0.2, 0) is 19.1 Å². The van der Waals surface area contributed by atoms with Gasteiger partial charge >= 0.3 is 5.97 Å². The molecule has 0 spiro atoms. The molecule has 0 aliphatic heterocycles. The number of hydrogen-bond donors (Lipinski definition) is 0.